The molecule has 0 bridgehead atoms. The van der Waals surface area contributed by atoms with Crippen LogP contribution in [-0.4, -0.2) is 35.5 Å². The lowest BCUT2D eigenvalue weighted by molar-refractivity contribution is 0.0972. The standard InChI is InChI=1S/C18H16O6/c1-4-24-18-8(2)12(19)7-11-15(18)17(22)14-10(16(11)21)5-9(23-3)6-13(14)20/h5-7,19-20H,4H2,1-3H3. The van der Waals surface area contributed by atoms with Gasteiger partial charge in [-0.3, -0.25) is 9.59 Å². The van der Waals surface area contributed by atoms with Crippen LogP contribution in [-0.2, 0) is 0 Å². The van der Waals surface area contributed by atoms with Crippen molar-refractivity contribution in [3.63, 3.8) is 0 Å². The van der Waals surface area contributed by atoms with Gasteiger partial charge in [0.15, 0.2) is 5.78 Å². The Kier molecular flexibility index (Phi) is 3.67. The topological polar surface area (TPSA) is 93.1 Å². The van der Waals surface area contributed by atoms with E-state index in [9.17, 15) is 19.8 Å². The van der Waals surface area contributed by atoms with Crippen LogP contribution < -0.4 is 9.47 Å². The van der Waals surface area contributed by atoms with Gasteiger partial charge in [0.05, 0.1) is 24.8 Å². The molecule has 124 valence electrons. The molecule has 6 nitrogen and oxygen atoms in total. The first-order valence-electron chi connectivity index (χ1n) is 7.40. The summed E-state index contributed by atoms with van der Waals surface area (Å²) >= 11 is 0. The van der Waals surface area contributed by atoms with Crippen molar-refractivity contribution in [3.05, 3.63) is 46.0 Å². The largest absolute Gasteiger partial charge is 0.508 e. The minimum atomic E-state index is -0.522. The smallest absolute Gasteiger partial charge is 0.201 e. The number of hydrogen-bond acceptors (Lipinski definition) is 6. The third kappa shape index (κ3) is 2.11. The van der Waals surface area contributed by atoms with E-state index in [1.165, 1.54) is 25.3 Å². The van der Waals surface area contributed by atoms with Crippen LogP contribution in [0, 0.1) is 6.92 Å². The summed E-state index contributed by atoms with van der Waals surface area (Å²) in [7, 11) is 1.40. The summed E-state index contributed by atoms with van der Waals surface area (Å²) in [5, 5.41) is 20.3. The maximum Gasteiger partial charge on any atom is 0.201 e. The molecule has 0 fully saturated rings. The molecule has 2 aromatic rings. The van der Waals surface area contributed by atoms with Crippen molar-refractivity contribution in [3.8, 4) is 23.0 Å². The van der Waals surface area contributed by atoms with E-state index in [-0.39, 0.29) is 51.9 Å². The molecule has 0 heterocycles. The quantitative estimate of drug-likeness (QED) is 0.767. The van der Waals surface area contributed by atoms with Crippen LogP contribution in [0.3, 0.4) is 0 Å². The number of ether oxygens (including phenoxy) is 2. The number of carbonyl (C=O) groups is 2. The molecule has 0 spiro atoms. The lowest BCUT2D eigenvalue weighted by Crippen LogP contribution is -2.22. The average molecular weight is 328 g/mol. The highest BCUT2D eigenvalue weighted by Gasteiger charge is 2.36. The number of rotatable bonds is 3. The van der Waals surface area contributed by atoms with E-state index in [4.69, 9.17) is 9.47 Å². The van der Waals surface area contributed by atoms with E-state index < -0.39 is 11.6 Å². The molecule has 0 unspecified atom stereocenters. The molecule has 3 rings (SSSR count). The Balaban J connectivity index is 2.35. The summed E-state index contributed by atoms with van der Waals surface area (Å²) in [4.78, 5) is 25.7. The van der Waals surface area contributed by atoms with Gasteiger partial charge in [0, 0.05) is 22.8 Å². The second-order valence-corrected chi connectivity index (χ2v) is 5.43. The summed E-state index contributed by atoms with van der Waals surface area (Å²) in [5.41, 5.74) is 0.430. The van der Waals surface area contributed by atoms with Crippen LogP contribution >= 0.6 is 0 Å². The maximum absolute atomic E-state index is 12.9. The lowest BCUT2D eigenvalue weighted by atomic mass is 9.82. The average Bonchev–Trinajstić information content (AvgIpc) is 2.55. The molecule has 2 N–H and O–H groups in total. The SMILES string of the molecule is CCOc1c(C)c(O)cc2c1C(=O)c1c(O)cc(OC)cc1C2=O. The Labute approximate surface area is 138 Å². The van der Waals surface area contributed by atoms with Crippen LogP contribution in [0.2, 0.25) is 0 Å². The van der Waals surface area contributed by atoms with Crippen LogP contribution in [0.15, 0.2) is 18.2 Å². The predicted molar refractivity (Wildman–Crippen MR) is 85.5 cm³/mol. The molecular weight excluding hydrogens is 312 g/mol. The first kappa shape index (κ1) is 15.9. The van der Waals surface area contributed by atoms with E-state index in [1.807, 2.05) is 0 Å². The molecule has 1 aliphatic carbocycles. The maximum atomic E-state index is 12.9. The molecule has 24 heavy (non-hydrogen) atoms. The zero-order valence-corrected chi connectivity index (χ0v) is 13.5. The lowest BCUT2D eigenvalue weighted by Gasteiger charge is -2.23. The van der Waals surface area contributed by atoms with Crippen LogP contribution in [0.4, 0.5) is 0 Å². The van der Waals surface area contributed by atoms with Gasteiger partial charge in [0.2, 0.25) is 5.78 Å². The fourth-order valence-corrected chi connectivity index (χ4v) is 2.88. The van der Waals surface area contributed by atoms with Crippen molar-refractivity contribution >= 4 is 11.6 Å². The highest BCUT2D eigenvalue weighted by Crippen LogP contribution is 2.42. The molecule has 1 aliphatic rings. The molecule has 6 heteroatoms. The van der Waals surface area contributed by atoms with E-state index in [1.54, 1.807) is 13.8 Å². The summed E-state index contributed by atoms with van der Waals surface area (Å²) < 4.78 is 10.5. The van der Waals surface area contributed by atoms with E-state index >= 15 is 0 Å². The van der Waals surface area contributed by atoms with Gasteiger partial charge in [-0.25, -0.2) is 0 Å². The second-order valence-electron chi connectivity index (χ2n) is 5.43. The zero-order valence-electron chi connectivity index (χ0n) is 13.5. The summed E-state index contributed by atoms with van der Waals surface area (Å²) in [6.07, 6.45) is 0. The number of phenols is 2. The number of benzene rings is 2. The van der Waals surface area contributed by atoms with Gasteiger partial charge in [-0.2, -0.15) is 0 Å². The molecule has 0 amide bonds. The number of ketones is 2. The molecule has 0 saturated carbocycles. The Morgan fingerprint density at radius 2 is 1.62 bits per heavy atom. The van der Waals surface area contributed by atoms with Gasteiger partial charge < -0.3 is 19.7 Å². The fourth-order valence-electron chi connectivity index (χ4n) is 2.88. The molecule has 0 aliphatic heterocycles. The van der Waals surface area contributed by atoms with Crippen molar-refractivity contribution in [2.75, 3.05) is 13.7 Å². The molecule has 0 atom stereocenters. The Morgan fingerprint density at radius 3 is 2.25 bits per heavy atom. The van der Waals surface area contributed by atoms with Crippen molar-refractivity contribution in [1.82, 2.24) is 0 Å². The molecule has 0 radical (unpaired) electrons. The molecule has 0 aromatic heterocycles. The van der Waals surface area contributed by atoms with Gasteiger partial charge in [-0.05, 0) is 26.0 Å². The molecule has 2 aromatic carbocycles. The number of methoxy groups -OCH3 is 1. The number of phenolic OH excluding ortho intramolecular Hbond substituents is 2. The van der Waals surface area contributed by atoms with Crippen LogP contribution in [0.1, 0.15) is 44.3 Å². The van der Waals surface area contributed by atoms with Crippen LogP contribution in [0.5, 0.6) is 23.0 Å². The predicted octanol–water partition coefficient (Wildman–Crippen LogP) is 2.59. The van der Waals surface area contributed by atoms with Gasteiger partial charge in [-0.1, -0.05) is 0 Å². The van der Waals surface area contributed by atoms with Gasteiger partial charge >= 0.3 is 0 Å². The number of carbonyl (C=O) groups excluding carboxylic acids is 2. The van der Waals surface area contributed by atoms with Crippen molar-refractivity contribution in [2.24, 2.45) is 0 Å². The number of aromatic hydroxyl groups is 2. The van der Waals surface area contributed by atoms with E-state index in [2.05, 4.69) is 0 Å². The summed E-state index contributed by atoms with van der Waals surface area (Å²) in [6, 6.07) is 3.94. The van der Waals surface area contributed by atoms with Gasteiger partial charge in [0.1, 0.15) is 23.0 Å². The minimum Gasteiger partial charge on any atom is -0.508 e. The molecular formula is C18H16O6. The Hall–Kier alpha value is -3.02. The third-order valence-corrected chi connectivity index (χ3v) is 4.06. The normalized spacial score (nSPS) is 12.6. The molecule has 0 saturated heterocycles. The summed E-state index contributed by atoms with van der Waals surface area (Å²) in [6.45, 7) is 3.60. The minimum absolute atomic E-state index is 0.0371. The van der Waals surface area contributed by atoms with Crippen LogP contribution in [0.25, 0.3) is 0 Å². The highest BCUT2D eigenvalue weighted by molar-refractivity contribution is 6.30. The first-order valence-corrected chi connectivity index (χ1v) is 7.40. The Morgan fingerprint density at radius 1 is 0.958 bits per heavy atom. The van der Waals surface area contributed by atoms with Crippen molar-refractivity contribution in [2.45, 2.75) is 13.8 Å². The monoisotopic (exact) mass is 328 g/mol. The van der Waals surface area contributed by atoms with E-state index in [0.717, 1.165) is 0 Å². The Bertz CT molecular complexity index is 882. The van der Waals surface area contributed by atoms with Gasteiger partial charge in [-0.15, -0.1) is 0 Å². The van der Waals surface area contributed by atoms with E-state index in [0.29, 0.717) is 5.56 Å². The fraction of sp³-hybridized carbons (Fsp3) is 0.222. The summed E-state index contributed by atoms with van der Waals surface area (Å²) in [5.74, 6) is -1.05. The van der Waals surface area contributed by atoms with Crippen molar-refractivity contribution < 1.29 is 29.3 Å². The second kappa shape index (κ2) is 5.56. The number of hydrogen-bond donors (Lipinski definition) is 2. The third-order valence-electron chi connectivity index (χ3n) is 4.06. The number of fused-ring (bicyclic) bond motifs is 2. The van der Waals surface area contributed by atoms with Crippen molar-refractivity contribution in [1.29, 1.82) is 0 Å². The first-order chi connectivity index (χ1) is 11.4. The highest BCUT2D eigenvalue weighted by atomic mass is 16.5. The zero-order chi connectivity index (χ0) is 17.6. The van der Waals surface area contributed by atoms with Gasteiger partial charge in [0.25, 0.3) is 0 Å².